The smallest absolute Gasteiger partial charge is 0.449 e. The standard InChI is InChI=1S/C14H10ClF3O3/c1-7(13(19)20)10-6-11(21-12(10)14(16,17)18)8-2-4-9(15)5-3-8/h2-7H,1H3,(H,19,20). The molecule has 1 heterocycles. The minimum atomic E-state index is -4.76. The number of carboxylic acids is 1. The fourth-order valence-electron chi connectivity index (χ4n) is 1.84. The third kappa shape index (κ3) is 3.21. The van der Waals surface area contributed by atoms with Gasteiger partial charge in [0.2, 0.25) is 5.76 Å². The van der Waals surface area contributed by atoms with E-state index in [1.165, 1.54) is 31.2 Å². The molecular formula is C14H10ClF3O3. The van der Waals surface area contributed by atoms with E-state index in [0.29, 0.717) is 10.6 Å². The number of furan rings is 1. The fraction of sp³-hybridized carbons (Fsp3) is 0.214. The molecule has 0 saturated heterocycles. The van der Waals surface area contributed by atoms with Crippen LogP contribution < -0.4 is 0 Å². The lowest BCUT2D eigenvalue weighted by atomic mass is 10.0. The van der Waals surface area contributed by atoms with Gasteiger partial charge in [-0.3, -0.25) is 4.79 Å². The molecule has 1 N–H and O–H groups in total. The van der Waals surface area contributed by atoms with Gasteiger partial charge in [0.1, 0.15) is 5.76 Å². The molecule has 0 fully saturated rings. The molecule has 21 heavy (non-hydrogen) atoms. The number of alkyl halides is 3. The van der Waals surface area contributed by atoms with Gasteiger partial charge in [-0.15, -0.1) is 0 Å². The van der Waals surface area contributed by atoms with E-state index in [1.807, 2.05) is 0 Å². The molecule has 7 heteroatoms. The lowest BCUT2D eigenvalue weighted by Gasteiger charge is -2.08. The summed E-state index contributed by atoms with van der Waals surface area (Å²) < 4.78 is 43.7. The Morgan fingerprint density at radius 1 is 1.29 bits per heavy atom. The molecule has 1 aromatic carbocycles. The van der Waals surface area contributed by atoms with E-state index in [0.717, 1.165) is 6.07 Å². The summed E-state index contributed by atoms with van der Waals surface area (Å²) in [6, 6.07) is 7.11. The highest BCUT2D eigenvalue weighted by Crippen LogP contribution is 2.40. The molecule has 2 rings (SSSR count). The number of rotatable bonds is 3. The van der Waals surface area contributed by atoms with Gasteiger partial charge >= 0.3 is 12.1 Å². The van der Waals surface area contributed by atoms with Crippen molar-refractivity contribution in [2.24, 2.45) is 0 Å². The van der Waals surface area contributed by atoms with Crippen molar-refractivity contribution in [3.8, 4) is 11.3 Å². The Kier molecular flexibility index (Phi) is 4.00. The summed E-state index contributed by atoms with van der Waals surface area (Å²) in [5.74, 6) is -4.03. The molecule has 112 valence electrons. The van der Waals surface area contributed by atoms with Crippen LogP contribution in [0.4, 0.5) is 13.2 Å². The zero-order valence-electron chi connectivity index (χ0n) is 10.7. The van der Waals surface area contributed by atoms with Gasteiger partial charge in [0, 0.05) is 16.1 Å². The van der Waals surface area contributed by atoms with Gasteiger partial charge < -0.3 is 9.52 Å². The van der Waals surface area contributed by atoms with Crippen LogP contribution in [0.3, 0.4) is 0 Å². The molecule has 0 saturated carbocycles. The number of halogens is 4. The van der Waals surface area contributed by atoms with Crippen LogP contribution in [-0.4, -0.2) is 11.1 Å². The van der Waals surface area contributed by atoms with Crippen LogP contribution >= 0.6 is 11.6 Å². The highest BCUT2D eigenvalue weighted by Gasteiger charge is 2.40. The molecular weight excluding hydrogens is 309 g/mol. The zero-order valence-corrected chi connectivity index (χ0v) is 11.5. The Labute approximate surface area is 122 Å². The van der Waals surface area contributed by atoms with Crippen LogP contribution in [0, 0.1) is 0 Å². The van der Waals surface area contributed by atoms with Crippen molar-refractivity contribution in [1.82, 2.24) is 0 Å². The van der Waals surface area contributed by atoms with Crippen molar-refractivity contribution in [2.45, 2.75) is 19.0 Å². The SMILES string of the molecule is CC(C(=O)O)c1cc(-c2ccc(Cl)cc2)oc1C(F)(F)F. The first-order valence-corrected chi connectivity index (χ1v) is 6.27. The second kappa shape index (κ2) is 5.44. The van der Waals surface area contributed by atoms with Gasteiger partial charge in [-0.05, 0) is 37.3 Å². The van der Waals surface area contributed by atoms with Crippen molar-refractivity contribution in [3.63, 3.8) is 0 Å². The van der Waals surface area contributed by atoms with E-state index < -0.39 is 29.4 Å². The van der Waals surface area contributed by atoms with Gasteiger partial charge in [0.05, 0.1) is 5.92 Å². The summed E-state index contributed by atoms with van der Waals surface area (Å²) >= 11 is 5.71. The van der Waals surface area contributed by atoms with Gasteiger partial charge in [0.25, 0.3) is 0 Å². The predicted molar refractivity (Wildman–Crippen MR) is 70.2 cm³/mol. The molecule has 1 atom stereocenters. The molecule has 0 amide bonds. The molecule has 1 aromatic heterocycles. The Hall–Kier alpha value is -1.95. The Morgan fingerprint density at radius 3 is 2.33 bits per heavy atom. The first-order valence-electron chi connectivity index (χ1n) is 5.90. The molecule has 0 aliphatic heterocycles. The molecule has 0 radical (unpaired) electrons. The molecule has 0 aliphatic rings. The number of carboxylic acid groups (broad SMARTS) is 1. The van der Waals surface area contributed by atoms with E-state index in [9.17, 15) is 18.0 Å². The van der Waals surface area contributed by atoms with Gasteiger partial charge in [-0.25, -0.2) is 0 Å². The van der Waals surface area contributed by atoms with E-state index in [1.54, 1.807) is 0 Å². The molecule has 0 aliphatic carbocycles. The van der Waals surface area contributed by atoms with Crippen LogP contribution in [0.5, 0.6) is 0 Å². The van der Waals surface area contributed by atoms with Crippen molar-refractivity contribution < 1.29 is 27.5 Å². The summed E-state index contributed by atoms with van der Waals surface area (Å²) in [4.78, 5) is 10.9. The average molecular weight is 319 g/mol. The van der Waals surface area contributed by atoms with Crippen LogP contribution in [0.15, 0.2) is 34.7 Å². The topological polar surface area (TPSA) is 50.4 Å². The molecule has 0 bridgehead atoms. The number of benzene rings is 1. The summed E-state index contributed by atoms with van der Waals surface area (Å²) in [6.45, 7) is 1.17. The van der Waals surface area contributed by atoms with E-state index in [-0.39, 0.29) is 5.76 Å². The normalized spacial score (nSPS) is 13.2. The first kappa shape index (κ1) is 15.4. The van der Waals surface area contributed by atoms with Crippen LogP contribution in [-0.2, 0) is 11.0 Å². The van der Waals surface area contributed by atoms with Gasteiger partial charge in [0.15, 0.2) is 0 Å². The Morgan fingerprint density at radius 2 is 1.86 bits per heavy atom. The first-order chi connectivity index (χ1) is 9.70. The largest absolute Gasteiger partial charge is 0.481 e. The number of hydrogen-bond donors (Lipinski definition) is 1. The number of carbonyl (C=O) groups is 1. The second-order valence-electron chi connectivity index (χ2n) is 4.46. The van der Waals surface area contributed by atoms with Crippen molar-refractivity contribution in [3.05, 3.63) is 46.7 Å². The fourth-order valence-corrected chi connectivity index (χ4v) is 1.96. The van der Waals surface area contributed by atoms with E-state index in [2.05, 4.69) is 0 Å². The minimum absolute atomic E-state index is 0.0536. The number of aliphatic carboxylic acids is 1. The summed E-state index contributed by atoms with van der Waals surface area (Å²) in [5, 5.41) is 9.35. The van der Waals surface area contributed by atoms with E-state index in [4.69, 9.17) is 21.1 Å². The second-order valence-corrected chi connectivity index (χ2v) is 4.90. The van der Waals surface area contributed by atoms with Gasteiger partial charge in [-0.2, -0.15) is 13.2 Å². The third-order valence-electron chi connectivity index (χ3n) is 2.98. The average Bonchev–Trinajstić information content (AvgIpc) is 2.83. The van der Waals surface area contributed by atoms with Crippen molar-refractivity contribution >= 4 is 17.6 Å². The molecule has 1 unspecified atom stereocenters. The predicted octanol–water partition coefficient (Wildman–Crippen LogP) is 4.81. The summed E-state index contributed by atoms with van der Waals surface area (Å²) in [7, 11) is 0. The van der Waals surface area contributed by atoms with E-state index >= 15 is 0 Å². The highest BCUT2D eigenvalue weighted by molar-refractivity contribution is 6.30. The third-order valence-corrected chi connectivity index (χ3v) is 3.24. The Balaban J connectivity index is 2.55. The van der Waals surface area contributed by atoms with Crippen LogP contribution in [0.1, 0.15) is 24.2 Å². The van der Waals surface area contributed by atoms with Crippen LogP contribution in [0.25, 0.3) is 11.3 Å². The molecule has 0 spiro atoms. The minimum Gasteiger partial charge on any atom is -0.481 e. The van der Waals surface area contributed by atoms with Gasteiger partial charge in [-0.1, -0.05) is 11.6 Å². The molecule has 2 aromatic rings. The van der Waals surface area contributed by atoms with Crippen molar-refractivity contribution in [1.29, 1.82) is 0 Å². The monoisotopic (exact) mass is 318 g/mol. The lowest BCUT2D eigenvalue weighted by Crippen LogP contribution is -2.13. The maximum atomic E-state index is 13.0. The summed E-state index contributed by atoms with van der Waals surface area (Å²) in [6.07, 6.45) is -4.76. The summed E-state index contributed by atoms with van der Waals surface area (Å²) in [5.41, 5.74) is -0.0197. The highest BCUT2D eigenvalue weighted by atomic mass is 35.5. The maximum Gasteiger partial charge on any atom is 0.449 e. The van der Waals surface area contributed by atoms with Crippen LogP contribution in [0.2, 0.25) is 5.02 Å². The zero-order chi connectivity index (χ0) is 15.8. The number of hydrogen-bond acceptors (Lipinski definition) is 2. The van der Waals surface area contributed by atoms with Crippen molar-refractivity contribution in [2.75, 3.05) is 0 Å². The molecule has 3 nitrogen and oxygen atoms in total. The Bertz CT molecular complexity index is 659. The maximum absolute atomic E-state index is 13.0. The quantitative estimate of drug-likeness (QED) is 0.883. The lowest BCUT2D eigenvalue weighted by molar-refractivity contribution is -0.154.